The van der Waals surface area contributed by atoms with Crippen molar-refractivity contribution in [3.05, 3.63) is 229 Å². The van der Waals surface area contributed by atoms with Gasteiger partial charge in [-0.25, -0.2) is 0 Å². The normalized spacial score (nSPS) is 15.9. The molecule has 12 rings (SSSR count). The molecule has 3 heteroatoms. The highest BCUT2D eigenvalue weighted by Crippen LogP contribution is 2.55. The largest absolute Gasteiger partial charge is 0.310 e. The van der Waals surface area contributed by atoms with E-state index in [0.717, 1.165) is 0 Å². The summed E-state index contributed by atoms with van der Waals surface area (Å²) in [6, 6.07) is 78.2. The molecule has 0 fully saturated rings. The SMILES string of the molecule is CC1(C)c2ccccc2N(c2ccc3c(c2)-c2cc(N4c5ccccc5C(C)(C)c5ccccc54)c4ccccc4c2[Si]3(c2ccccc2)c2ccccc2)c2ccccc21. The summed E-state index contributed by atoms with van der Waals surface area (Å²) < 4.78 is 0. The average molecular weight is 799 g/mol. The molecule has 9 aromatic rings. The lowest BCUT2D eigenvalue weighted by molar-refractivity contribution is 0.632. The second-order valence-corrected chi connectivity index (χ2v) is 21.8. The number of hydrogen-bond donors (Lipinski definition) is 0. The molecular formula is C58H46N2Si. The van der Waals surface area contributed by atoms with Crippen LogP contribution in [0.5, 0.6) is 0 Å². The van der Waals surface area contributed by atoms with Crippen LogP contribution in [-0.4, -0.2) is 8.07 Å². The van der Waals surface area contributed by atoms with Crippen molar-refractivity contribution in [3.63, 3.8) is 0 Å². The maximum Gasteiger partial charge on any atom is 0.181 e. The first kappa shape index (κ1) is 36.0. The van der Waals surface area contributed by atoms with Crippen molar-refractivity contribution in [2.24, 2.45) is 0 Å². The molecule has 0 unspecified atom stereocenters. The third kappa shape index (κ3) is 4.84. The quantitative estimate of drug-likeness (QED) is 0.164. The number of hydrogen-bond acceptors (Lipinski definition) is 2. The highest BCUT2D eigenvalue weighted by atomic mass is 28.3. The van der Waals surface area contributed by atoms with E-state index in [1.165, 1.54) is 99.0 Å². The molecule has 0 aromatic heterocycles. The number of nitrogens with zero attached hydrogens (tertiary/aromatic N) is 2. The fraction of sp³-hybridized carbons (Fsp3) is 0.103. The Morgan fingerprint density at radius 2 is 0.754 bits per heavy atom. The Hall–Kier alpha value is -6.94. The molecule has 0 N–H and O–H groups in total. The molecule has 0 aliphatic carbocycles. The summed E-state index contributed by atoms with van der Waals surface area (Å²) in [7, 11) is -2.90. The first-order valence-corrected chi connectivity index (χ1v) is 23.6. The highest BCUT2D eigenvalue weighted by molar-refractivity contribution is 7.23. The third-order valence-corrected chi connectivity index (χ3v) is 19.2. The zero-order chi connectivity index (χ0) is 41.1. The van der Waals surface area contributed by atoms with Crippen molar-refractivity contribution in [1.82, 2.24) is 0 Å². The van der Waals surface area contributed by atoms with Gasteiger partial charge in [0.15, 0.2) is 8.07 Å². The fourth-order valence-corrected chi connectivity index (χ4v) is 16.9. The summed E-state index contributed by atoms with van der Waals surface area (Å²) in [5.74, 6) is 0. The molecule has 0 saturated carbocycles. The van der Waals surface area contributed by atoms with Gasteiger partial charge in [-0.05, 0) is 102 Å². The summed E-state index contributed by atoms with van der Waals surface area (Å²) in [5, 5.41) is 8.29. The summed E-state index contributed by atoms with van der Waals surface area (Å²) in [6.07, 6.45) is 0. The highest BCUT2D eigenvalue weighted by Gasteiger charge is 2.51. The molecule has 3 aliphatic heterocycles. The van der Waals surface area contributed by atoms with E-state index in [0.29, 0.717) is 0 Å². The van der Waals surface area contributed by atoms with Crippen molar-refractivity contribution in [1.29, 1.82) is 0 Å². The zero-order valence-corrected chi connectivity index (χ0v) is 36.0. The number of benzene rings is 9. The van der Waals surface area contributed by atoms with E-state index in [2.05, 4.69) is 244 Å². The van der Waals surface area contributed by atoms with Crippen LogP contribution >= 0.6 is 0 Å². The summed E-state index contributed by atoms with van der Waals surface area (Å²) in [5.41, 5.74) is 15.0. The van der Waals surface area contributed by atoms with Gasteiger partial charge in [0.05, 0.1) is 28.4 Å². The molecule has 292 valence electrons. The lowest BCUT2D eigenvalue weighted by atomic mass is 9.73. The predicted molar refractivity (Wildman–Crippen MR) is 260 cm³/mol. The van der Waals surface area contributed by atoms with Gasteiger partial charge in [-0.2, -0.15) is 0 Å². The Morgan fingerprint density at radius 1 is 0.344 bits per heavy atom. The Bertz CT molecular complexity index is 3080. The van der Waals surface area contributed by atoms with Crippen LogP contribution in [0.15, 0.2) is 206 Å². The molecule has 0 atom stereocenters. The second kappa shape index (κ2) is 13.0. The minimum absolute atomic E-state index is 0.140. The van der Waals surface area contributed by atoms with E-state index in [-0.39, 0.29) is 10.8 Å². The second-order valence-electron chi connectivity index (χ2n) is 18.1. The molecule has 0 amide bonds. The molecule has 61 heavy (non-hydrogen) atoms. The molecule has 9 aromatic carbocycles. The van der Waals surface area contributed by atoms with Crippen LogP contribution in [0, 0.1) is 0 Å². The van der Waals surface area contributed by atoms with Gasteiger partial charge in [0.2, 0.25) is 0 Å². The van der Waals surface area contributed by atoms with Crippen LogP contribution in [0.1, 0.15) is 49.9 Å². The Kier molecular flexibility index (Phi) is 7.68. The summed E-state index contributed by atoms with van der Waals surface area (Å²) in [4.78, 5) is 5.08. The maximum absolute atomic E-state index is 2.90. The monoisotopic (exact) mass is 798 g/mol. The topological polar surface area (TPSA) is 6.48 Å². The van der Waals surface area contributed by atoms with E-state index >= 15 is 0 Å². The van der Waals surface area contributed by atoms with Crippen molar-refractivity contribution in [2.75, 3.05) is 9.80 Å². The van der Waals surface area contributed by atoms with Crippen molar-refractivity contribution >= 4 is 73.7 Å². The van der Waals surface area contributed by atoms with Gasteiger partial charge >= 0.3 is 0 Å². The van der Waals surface area contributed by atoms with E-state index in [1.54, 1.807) is 0 Å². The standard InChI is InChI=1S/C58H46N2Si/c1-57(2)46-27-13-17-31-50(46)59(51-32-18-14-28-47(51)57)39-35-36-55-44(37-39)45-38-54(60-52-33-19-15-29-48(52)58(3,4)49-30-16-20-34-53(49)60)42-25-11-12-26-43(42)56(45)61(55,40-21-7-5-8-22-40)41-23-9-6-10-24-41/h5-38H,1-4H3. The first-order chi connectivity index (χ1) is 29.8. The summed E-state index contributed by atoms with van der Waals surface area (Å²) in [6.45, 7) is 9.48. The number of para-hydroxylation sites is 4. The smallest absolute Gasteiger partial charge is 0.181 e. The number of fused-ring (bicyclic) bond motifs is 9. The Labute approximate surface area is 360 Å². The minimum Gasteiger partial charge on any atom is -0.310 e. The summed E-state index contributed by atoms with van der Waals surface area (Å²) >= 11 is 0. The van der Waals surface area contributed by atoms with E-state index in [4.69, 9.17) is 0 Å². The Morgan fingerprint density at radius 3 is 1.25 bits per heavy atom. The van der Waals surface area contributed by atoms with Gasteiger partial charge in [0.25, 0.3) is 0 Å². The van der Waals surface area contributed by atoms with Crippen LogP contribution in [-0.2, 0) is 10.8 Å². The van der Waals surface area contributed by atoms with Gasteiger partial charge in [-0.3, -0.25) is 0 Å². The molecule has 2 nitrogen and oxygen atoms in total. The Balaban J connectivity index is 1.21. The van der Waals surface area contributed by atoms with Gasteiger partial charge in [-0.1, -0.05) is 191 Å². The molecule has 0 spiro atoms. The predicted octanol–water partition coefficient (Wildman–Crippen LogP) is 12.4. The van der Waals surface area contributed by atoms with Gasteiger partial charge < -0.3 is 9.80 Å². The van der Waals surface area contributed by atoms with Gasteiger partial charge in [-0.15, -0.1) is 0 Å². The molecule has 0 radical (unpaired) electrons. The molecule has 0 bridgehead atoms. The van der Waals surface area contributed by atoms with Crippen LogP contribution in [0.2, 0.25) is 0 Å². The average Bonchev–Trinajstić information content (AvgIpc) is 3.60. The molecule has 3 aliphatic rings. The molecule has 0 saturated heterocycles. The lowest BCUT2D eigenvalue weighted by Gasteiger charge is -2.42. The minimum atomic E-state index is -2.90. The molecular weight excluding hydrogens is 753 g/mol. The van der Waals surface area contributed by atoms with Crippen LogP contribution in [0.4, 0.5) is 34.1 Å². The van der Waals surface area contributed by atoms with Gasteiger partial charge in [0, 0.05) is 21.9 Å². The van der Waals surface area contributed by atoms with Crippen LogP contribution < -0.4 is 30.5 Å². The number of anilines is 6. The van der Waals surface area contributed by atoms with E-state index < -0.39 is 8.07 Å². The van der Waals surface area contributed by atoms with Crippen molar-refractivity contribution in [3.8, 4) is 11.1 Å². The maximum atomic E-state index is 2.56. The zero-order valence-electron chi connectivity index (χ0n) is 35.0. The van der Waals surface area contributed by atoms with Crippen LogP contribution in [0.25, 0.3) is 21.9 Å². The van der Waals surface area contributed by atoms with E-state index in [9.17, 15) is 0 Å². The van der Waals surface area contributed by atoms with Crippen LogP contribution in [0.3, 0.4) is 0 Å². The third-order valence-electron chi connectivity index (χ3n) is 14.3. The van der Waals surface area contributed by atoms with Crippen molar-refractivity contribution < 1.29 is 0 Å². The van der Waals surface area contributed by atoms with Gasteiger partial charge in [0.1, 0.15) is 0 Å². The van der Waals surface area contributed by atoms with Crippen molar-refractivity contribution in [2.45, 2.75) is 38.5 Å². The first-order valence-electron chi connectivity index (χ1n) is 21.6. The number of rotatable bonds is 4. The lowest BCUT2D eigenvalue weighted by Crippen LogP contribution is -2.73. The van der Waals surface area contributed by atoms with E-state index in [1.807, 2.05) is 0 Å². The molecule has 3 heterocycles. The fourth-order valence-electron chi connectivity index (χ4n) is 11.5.